The summed E-state index contributed by atoms with van der Waals surface area (Å²) in [5, 5.41) is 10.3. The van der Waals surface area contributed by atoms with Gasteiger partial charge < -0.3 is 5.11 Å². The van der Waals surface area contributed by atoms with E-state index < -0.39 is 0 Å². The lowest BCUT2D eigenvalue weighted by Gasteiger charge is -2.19. The molecule has 1 N–H and O–H groups in total. The maximum absolute atomic E-state index is 10.3. The second-order valence-corrected chi connectivity index (χ2v) is 5.52. The minimum Gasteiger partial charge on any atom is -0.388 e. The second kappa shape index (κ2) is 3.89. The summed E-state index contributed by atoms with van der Waals surface area (Å²) in [6.07, 6.45) is 6.08. The average Bonchev–Trinajstić information content (AvgIpc) is 3.05. The van der Waals surface area contributed by atoms with Gasteiger partial charge in [-0.3, -0.25) is 0 Å². The summed E-state index contributed by atoms with van der Waals surface area (Å²) < 4.78 is 0. The van der Waals surface area contributed by atoms with Crippen LogP contribution in [0.2, 0.25) is 0 Å². The molecule has 2 aliphatic carbocycles. The highest BCUT2D eigenvalue weighted by Crippen LogP contribution is 2.43. The first-order valence-electron chi connectivity index (χ1n) is 6.55. The largest absolute Gasteiger partial charge is 0.388 e. The molecule has 1 nitrogen and oxygen atoms in total. The van der Waals surface area contributed by atoms with Crippen LogP contribution in [0.25, 0.3) is 0 Å². The van der Waals surface area contributed by atoms with Crippen molar-refractivity contribution >= 4 is 0 Å². The van der Waals surface area contributed by atoms with Crippen molar-refractivity contribution in [2.45, 2.75) is 45.1 Å². The first kappa shape index (κ1) is 10.3. The van der Waals surface area contributed by atoms with Gasteiger partial charge in [0.2, 0.25) is 0 Å². The van der Waals surface area contributed by atoms with E-state index in [9.17, 15) is 5.11 Å². The van der Waals surface area contributed by atoms with Crippen molar-refractivity contribution < 1.29 is 5.11 Å². The molecule has 2 atom stereocenters. The Morgan fingerprint density at radius 1 is 1.19 bits per heavy atom. The number of rotatable bonds is 3. The predicted octanol–water partition coefficient (Wildman–Crippen LogP) is 3.25. The van der Waals surface area contributed by atoms with E-state index in [4.69, 9.17) is 0 Å². The van der Waals surface area contributed by atoms with Crippen molar-refractivity contribution in [1.29, 1.82) is 0 Å². The fraction of sp³-hybridized carbons (Fsp3) is 0.600. The molecule has 0 radical (unpaired) electrons. The number of hydrogen-bond donors (Lipinski definition) is 1. The molecule has 1 aromatic carbocycles. The monoisotopic (exact) mass is 216 g/mol. The van der Waals surface area contributed by atoms with Crippen LogP contribution in [0.4, 0.5) is 0 Å². The van der Waals surface area contributed by atoms with Gasteiger partial charge in [-0.05, 0) is 60.6 Å². The van der Waals surface area contributed by atoms with Gasteiger partial charge in [0.05, 0.1) is 6.10 Å². The number of benzene rings is 1. The van der Waals surface area contributed by atoms with Crippen LogP contribution < -0.4 is 0 Å². The normalized spacial score (nSPS) is 22.9. The number of aliphatic hydroxyl groups excluding tert-OH is 1. The van der Waals surface area contributed by atoms with Crippen molar-refractivity contribution in [2.75, 3.05) is 0 Å². The van der Waals surface area contributed by atoms with Crippen LogP contribution in [0.3, 0.4) is 0 Å². The van der Waals surface area contributed by atoms with E-state index in [0.29, 0.717) is 5.92 Å². The van der Waals surface area contributed by atoms with Gasteiger partial charge in [-0.2, -0.15) is 0 Å². The van der Waals surface area contributed by atoms with Gasteiger partial charge in [-0.1, -0.05) is 25.1 Å². The summed E-state index contributed by atoms with van der Waals surface area (Å²) in [6.45, 7) is 2.19. The Hall–Kier alpha value is -0.820. The molecule has 0 aliphatic heterocycles. The third-order valence-electron chi connectivity index (χ3n) is 4.33. The van der Waals surface area contributed by atoms with Gasteiger partial charge in [-0.15, -0.1) is 0 Å². The van der Waals surface area contributed by atoms with Crippen LogP contribution in [0.15, 0.2) is 18.2 Å². The molecule has 86 valence electrons. The summed E-state index contributed by atoms with van der Waals surface area (Å²) in [4.78, 5) is 0. The molecule has 16 heavy (non-hydrogen) atoms. The van der Waals surface area contributed by atoms with E-state index in [-0.39, 0.29) is 6.10 Å². The maximum atomic E-state index is 10.3. The zero-order valence-corrected chi connectivity index (χ0v) is 9.95. The summed E-state index contributed by atoms with van der Waals surface area (Å²) in [5.41, 5.74) is 4.11. The molecule has 2 aliphatic rings. The Labute approximate surface area is 97.5 Å². The molecular weight excluding hydrogens is 196 g/mol. The maximum Gasteiger partial charge on any atom is 0.0818 e. The lowest BCUT2D eigenvalue weighted by molar-refractivity contribution is 0.106. The first-order valence-corrected chi connectivity index (χ1v) is 6.55. The van der Waals surface area contributed by atoms with Crippen LogP contribution in [0.1, 0.15) is 49.0 Å². The quantitative estimate of drug-likeness (QED) is 0.822. The third kappa shape index (κ3) is 1.78. The Morgan fingerprint density at radius 3 is 2.69 bits per heavy atom. The summed E-state index contributed by atoms with van der Waals surface area (Å²) in [6, 6.07) is 6.60. The molecule has 0 aromatic heterocycles. The summed E-state index contributed by atoms with van der Waals surface area (Å²) in [7, 11) is 0. The van der Waals surface area contributed by atoms with Crippen LogP contribution >= 0.6 is 0 Å². The lowest BCUT2D eigenvalue weighted by Crippen LogP contribution is -2.11. The van der Waals surface area contributed by atoms with Crippen molar-refractivity contribution in [3.63, 3.8) is 0 Å². The minimum atomic E-state index is -0.251. The van der Waals surface area contributed by atoms with Gasteiger partial charge in [0.15, 0.2) is 0 Å². The third-order valence-corrected chi connectivity index (χ3v) is 4.33. The number of hydrogen-bond acceptors (Lipinski definition) is 1. The topological polar surface area (TPSA) is 20.2 Å². The zero-order chi connectivity index (χ0) is 11.1. The molecule has 0 spiro atoms. The van der Waals surface area contributed by atoms with E-state index in [2.05, 4.69) is 25.1 Å². The summed E-state index contributed by atoms with van der Waals surface area (Å²) >= 11 is 0. The number of fused-ring (bicyclic) bond motifs is 1. The van der Waals surface area contributed by atoms with Crippen molar-refractivity contribution in [3.8, 4) is 0 Å². The van der Waals surface area contributed by atoms with Gasteiger partial charge in [0.25, 0.3) is 0 Å². The predicted molar refractivity (Wildman–Crippen MR) is 65.3 cm³/mol. The molecule has 0 heterocycles. The molecule has 0 amide bonds. The van der Waals surface area contributed by atoms with Gasteiger partial charge in [0.1, 0.15) is 0 Å². The van der Waals surface area contributed by atoms with E-state index >= 15 is 0 Å². The van der Waals surface area contributed by atoms with Crippen molar-refractivity contribution in [1.82, 2.24) is 0 Å². The summed E-state index contributed by atoms with van der Waals surface area (Å²) in [5.74, 6) is 1.20. The van der Waals surface area contributed by atoms with E-state index in [1.165, 1.54) is 43.2 Å². The Kier molecular flexibility index (Phi) is 2.51. The van der Waals surface area contributed by atoms with Gasteiger partial charge >= 0.3 is 0 Å². The lowest BCUT2D eigenvalue weighted by atomic mass is 9.92. The molecule has 1 saturated carbocycles. The minimum absolute atomic E-state index is 0.251. The number of aryl methyl sites for hydroxylation is 2. The number of aliphatic hydroxyl groups is 1. The Morgan fingerprint density at radius 2 is 1.94 bits per heavy atom. The van der Waals surface area contributed by atoms with Crippen LogP contribution in [0.5, 0.6) is 0 Å². The molecule has 0 saturated heterocycles. The Bertz CT molecular complexity index is 392. The van der Waals surface area contributed by atoms with Crippen LogP contribution in [-0.4, -0.2) is 5.11 Å². The fourth-order valence-electron chi connectivity index (χ4n) is 2.96. The standard InChI is InChI=1S/C15H20O/c1-10(11-5-6-11)15(16)14-8-7-12-3-2-4-13(12)9-14/h7-11,15-16H,2-6H2,1H3. The highest BCUT2D eigenvalue weighted by Gasteiger charge is 2.33. The highest BCUT2D eigenvalue weighted by molar-refractivity contribution is 5.36. The van der Waals surface area contributed by atoms with Gasteiger partial charge in [0, 0.05) is 0 Å². The Balaban J connectivity index is 1.82. The van der Waals surface area contributed by atoms with Crippen molar-refractivity contribution in [2.24, 2.45) is 11.8 Å². The van der Waals surface area contributed by atoms with E-state index in [0.717, 1.165) is 11.5 Å². The highest BCUT2D eigenvalue weighted by atomic mass is 16.3. The van der Waals surface area contributed by atoms with Crippen LogP contribution in [-0.2, 0) is 12.8 Å². The molecule has 1 fully saturated rings. The smallest absolute Gasteiger partial charge is 0.0818 e. The van der Waals surface area contributed by atoms with Gasteiger partial charge in [-0.25, -0.2) is 0 Å². The van der Waals surface area contributed by atoms with Crippen LogP contribution in [0, 0.1) is 11.8 Å². The molecule has 1 heteroatoms. The molecule has 0 bridgehead atoms. The average molecular weight is 216 g/mol. The molecule has 1 aromatic rings. The molecule has 3 rings (SSSR count). The van der Waals surface area contributed by atoms with E-state index in [1.54, 1.807) is 0 Å². The zero-order valence-electron chi connectivity index (χ0n) is 9.95. The molecule has 2 unspecified atom stereocenters. The molecular formula is C15H20O. The SMILES string of the molecule is CC(C1CC1)C(O)c1ccc2c(c1)CCC2. The van der Waals surface area contributed by atoms with E-state index in [1.807, 2.05) is 0 Å². The first-order chi connectivity index (χ1) is 7.75. The fourth-order valence-corrected chi connectivity index (χ4v) is 2.96. The van der Waals surface area contributed by atoms with Crippen molar-refractivity contribution in [3.05, 3.63) is 34.9 Å². The second-order valence-electron chi connectivity index (χ2n) is 5.52.